The van der Waals surface area contributed by atoms with Crippen LogP contribution in [0, 0.1) is 10.1 Å². The first-order chi connectivity index (χ1) is 12.6. The normalized spacial score (nSPS) is 10.3. The van der Waals surface area contributed by atoms with Crippen molar-refractivity contribution in [3.05, 3.63) is 99.6 Å². The van der Waals surface area contributed by atoms with Crippen LogP contribution in [-0.2, 0) is 6.61 Å². The molecule has 6 nitrogen and oxygen atoms in total. The molecule has 0 aliphatic heterocycles. The van der Waals surface area contributed by atoms with Crippen LogP contribution in [0.15, 0.2) is 72.8 Å². The van der Waals surface area contributed by atoms with Crippen molar-refractivity contribution in [2.75, 3.05) is 0 Å². The molecule has 0 bridgehead atoms. The number of benzene rings is 3. The molecule has 130 valence electrons. The molecule has 3 aromatic carbocycles. The molecular formula is C20H15NO5. The standard InChI is InChI=1S/C20H15NO5/c22-18-12-19(26-13-14-7-3-1-4-8-14)17(21(24)25)11-16(18)20(23)15-9-5-2-6-10-15/h1-12,22H,13H2. The Morgan fingerprint density at radius 2 is 1.62 bits per heavy atom. The van der Waals surface area contributed by atoms with Gasteiger partial charge in [-0.05, 0) is 5.56 Å². The van der Waals surface area contributed by atoms with Crippen LogP contribution in [0.4, 0.5) is 5.69 Å². The maximum absolute atomic E-state index is 12.5. The van der Waals surface area contributed by atoms with Crippen LogP contribution < -0.4 is 4.74 Å². The van der Waals surface area contributed by atoms with Gasteiger partial charge in [0.2, 0.25) is 5.75 Å². The zero-order chi connectivity index (χ0) is 18.5. The summed E-state index contributed by atoms with van der Waals surface area (Å²) in [6, 6.07) is 19.5. The van der Waals surface area contributed by atoms with Gasteiger partial charge in [-0.1, -0.05) is 60.7 Å². The van der Waals surface area contributed by atoms with E-state index in [0.717, 1.165) is 17.7 Å². The van der Waals surface area contributed by atoms with Crippen molar-refractivity contribution in [3.63, 3.8) is 0 Å². The summed E-state index contributed by atoms with van der Waals surface area (Å²) in [4.78, 5) is 23.3. The number of hydrogen-bond acceptors (Lipinski definition) is 5. The summed E-state index contributed by atoms with van der Waals surface area (Å²) in [5.41, 5.74) is 0.633. The Bertz CT molecular complexity index is 939. The van der Waals surface area contributed by atoms with Crippen LogP contribution in [0.25, 0.3) is 0 Å². The molecule has 1 N–H and O–H groups in total. The van der Waals surface area contributed by atoms with Gasteiger partial charge in [-0.3, -0.25) is 14.9 Å². The number of carbonyl (C=O) groups excluding carboxylic acids is 1. The molecule has 0 atom stereocenters. The molecule has 0 unspecified atom stereocenters. The van der Waals surface area contributed by atoms with Gasteiger partial charge in [0, 0.05) is 17.7 Å². The highest BCUT2D eigenvalue weighted by Gasteiger charge is 2.23. The zero-order valence-electron chi connectivity index (χ0n) is 13.7. The van der Waals surface area contributed by atoms with E-state index in [9.17, 15) is 20.0 Å². The molecule has 0 spiro atoms. The van der Waals surface area contributed by atoms with Gasteiger partial charge in [0.15, 0.2) is 5.78 Å². The topological polar surface area (TPSA) is 89.7 Å². The Morgan fingerprint density at radius 3 is 2.23 bits per heavy atom. The van der Waals surface area contributed by atoms with E-state index in [0.29, 0.717) is 5.56 Å². The van der Waals surface area contributed by atoms with Crippen molar-refractivity contribution in [3.8, 4) is 11.5 Å². The lowest BCUT2D eigenvalue weighted by atomic mass is 10.0. The van der Waals surface area contributed by atoms with Crippen LogP contribution in [-0.4, -0.2) is 15.8 Å². The maximum atomic E-state index is 12.5. The largest absolute Gasteiger partial charge is 0.507 e. The van der Waals surface area contributed by atoms with E-state index in [-0.39, 0.29) is 29.4 Å². The average Bonchev–Trinajstić information content (AvgIpc) is 2.67. The van der Waals surface area contributed by atoms with Crippen molar-refractivity contribution in [1.82, 2.24) is 0 Å². The lowest BCUT2D eigenvalue weighted by Crippen LogP contribution is -2.05. The second-order valence-corrected chi connectivity index (χ2v) is 5.56. The molecular weight excluding hydrogens is 334 g/mol. The Labute approximate surface area is 149 Å². The molecule has 0 saturated carbocycles. The van der Waals surface area contributed by atoms with Gasteiger partial charge < -0.3 is 9.84 Å². The average molecular weight is 349 g/mol. The van der Waals surface area contributed by atoms with E-state index in [1.807, 2.05) is 30.3 Å². The molecule has 0 saturated heterocycles. The number of hydrogen-bond donors (Lipinski definition) is 1. The van der Waals surface area contributed by atoms with Gasteiger partial charge in [0.05, 0.1) is 10.5 Å². The van der Waals surface area contributed by atoms with E-state index in [2.05, 4.69) is 0 Å². The van der Waals surface area contributed by atoms with Crippen molar-refractivity contribution < 1.29 is 19.6 Å². The fourth-order valence-electron chi connectivity index (χ4n) is 2.48. The van der Waals surface area contributed by atoms with Gasteiger partial charge in [-0.2, -0.15) is 0 Å². The van der Waals surface area contributed by atoms with Crippen LogP contribution in [0.3, 0.4) is 0 Å². The Balaban J connectivity index is 1.93. The van der Waals surface area contributed by atoms with Gasteiger partial charge >= 0.3 is 5.69 Å². The minimum absolute atomic E-state index is 0.0963. The van der Waals surface area contributed by atoms with Crippen LogP contribution >= 0.6 is 0 Å². The highest BCUT2D eigenvalue weighted by molar-refractivity contribution is 6.11. The summed E-state index contributed by atoms with van der Waals surface area (Å²) in [6.07, 6.45) is 0. The van der Waals surface area contributed by atoms with Gasteiger partial charge in [-0.25, -0.2) is 0 Å². The number of aromatic hydroxyl groups is 1. The predicted octanol–water partition coefficient (Wildman–Crippen LogP) is 4.11. The van der Waals surface area contributed by atoms with Gasteiger partial charge in [0.25, 0.3) is 0 Å². The summed E-state index contributed by atoms with van der Waals surface area (Å²) in [6.45, 7) is 0.104. The third-order valence-electron chi connectivity index (χ3n) is 3.79. The van der Waals surface area contributed by atoms with Crippen LogP contribution in [0.5, 0.6) is 11.5 Å². The lowest BCUT2D eigenvalue weighted by molar-refractivity contribution is -0.386. The fraction of sp³-hybridized carbons (Fsp3) is 0.0500. The van der Waals surface area contributed by atoms with E-state index in [4.69, 9.17) is 4.74 Å². The number of carbonyl (C=O) groups is 1. The van der Waals surface area contributed by atoms with Crippen molar-refractivity contribution >= 4 is 11.5 Å². The van der Waals surface area contributed by atoms with E-state index in [1.165, 1.54) is 0 Å². The number of phenolic OH excluding ortho intramolecular Hbond substituents is 1. The highest BCUT2D eigenvalue weighted by Crippen LogP contribution is 2.35. The molecule has 26 heavy (non-hydrogen) atoms. The summed E-state index contributed by atoms with van der Waals surface area (Å²) < 4.78 is 5.49. The molecule has 0 radical (unpaired) electrons. The number of nitro groups is 1. The second-order valence-electron chi connectivity index (χ2n) is 5.56. The third kappa shape index (κ3) is 3.70. The first kappa shape index (κ1) is 17.2. The molecule has 3 rings (SSSR count). The minimum atomic E-state index is -0.637. The summed E-state index contributed by atoms with van der Waals surface area (Å²) in [7, 11) is 0. The Morgan fingerprint density at radius 1 is 1.00 bits per heavy atom. The van der Waals surface area contributed by atoms with Gasteiger partial charge in [-0.15, -0.1) is 0 Å². The second kappa shape index (κ2) is 7.48. The smallest absolute Gasteiger partial charge is 0.311 e. The minimum Gasteiger partial charge on any atom is -0.507 e. The number of ketones is 1. The summed E-state index contributed by atoms with van der Waals surface area (Å²) in [5, 5.41) is 21.6. The Hall–Kier alpha value is -3.67. The monoisotopic (exact) mass is 349 g/mol. The molecule has 0 fully saturated rings. The molecule has 0 aromatic heterocycles. The van der Waals surface area contributed by atoms with E-state index < -0.39 is 10.7 Å². The lowest BCUT2D eigenvalue weighted by Gasteiger charge is -2.10. The number of ether oxygens (including phenoxy) is 1. The van der Waals surface area contributed by atoms with Crippen molar-refractivity contribution in [1.29, 1.82) is 0 Å². The van der Waals surface area contributed by atoms with Crippen molar-refractivity contribution in [2.45, 2.75) is 6.61 Å². The first-order valence-corrected chi connectivity index (χ1v) is 7.84. The molecule has 3 aromatic rings. The fourth-order valence-corrected chi connectivity index (χ4v) is 2.48. The predicted molar refractivity (Wildman–Crippen MR) is 95.4 cm³/mol. The highest BCUT2D eigenvalue weighted by atomic mass is 16.6. The molecule has 0 heterocycles. The van der Waals surface area contributed by atoms with Crippen molar-refractivity contribution in [2.24, 2.45) is 0 Å². The molecule has 6 heteroatoms. The van der Waals surface area contributed by atoms with Gasteiger partial charge in [0.1, 0.15) is 12.4 Å². The molecule has 0 aliphatic rings. The molecule has 0 aliphatic carbocycles. The third-order valence-corrected chi connectivity index (χ3v) is 3.79. The van der Waals surface area contributed by atoms with Crippen LogP contribution in [0.2, 0.25) is 0 Å². The maximum Gasteiger partial charge on any atom is 0.311 e. The number of phenols is 1. The number of nitro benzene ring substituents is 1. The summed E-state index contributed by atoms with van der Waals surface area (Å²) >= 11 is 0. The molecule has 0 amide bonds. The van der Waals surface area contributed by atoms with Crippen LogP contribution in [0.1, 0.15) is 21.5 Å². The first-order valence-electron chi connectivity index (χ1n) is 7.84. The Kier molecular flexibility index (Phi) is 4.94. The summed E-state index contributed by atoms with van der Waals surface area (Å²) in [5.74, 6) is -0.964. The van der Waals surface area contributed by atoms with E-state index >= 15 is 0 Å². The van der Waals surface area contributed by atoms with E-state index in [1.54, 1.807) is 30.3 Å². The SMILES string of the molecule is O=C(c1ccccc1)c1cc([N+](=O)[O-])c(OCc2ccccc2)cc1O. The number of rotatable bonds is 6. The quantitative estimate of drug-likeness (QED) is 0.411. The number of nitrogens with zero attached hydrogens (tertiary/aromatic N) is 1. The zero-order valence-corrected chi connectivity index (χ0v) is 13.7.